The molecule has 0 unspecified atom stereocenters. The molecule has 0 amide bonds. The van der Waals surface area contributed by atoms with Crippen LogP contribution < -0.4 is 5.32 Å². The second-order valence-electron chi connectivity index (χ2n) is 4.86. The number of pyridine rings is 3. The van der Waals surface area contributed by atoms with E-state index in [1.807, 2.05) is 65.4 Å². The van der Waals surface area contributed by atoms with Crippen molar-refractivity contribution in [1.82, 2.24) is 19.6 Å². The Kier molecular flexibility index (Phi) is 3.01. The maximum absolute atomic E-state index is 4.67. The van der Waals surface area contributed by atoms with Crippen LogP contribution in [0.2, 0.25) is 0 Å². The summed E-state index contributed by atoms with van der Waals surface area (Å²) in [4.78, 5) is 8.76. The van der Waals surface area contributed by atoms with E-state index in [1.165, 1.54) is 0 Å². The van der Waals surface area contributed by atoms with E-state index in [0.29, 0.717) is 0 Å². The van der Waals surface area contributed by atoms with Crippen molar-refractivity contribution in [2.75, 3.05) is 5.32 Å². The minimum atomic E-state index is 0.779. The predicted octanol–water partition coefficient (Wildman–Crippen LogP) is 3.53. The number of aromatic nitrogens is 4. The predicted molar refractivity (Wildman–Crippen MR) is 85.9 cm³/mol. The quantitative estimate of drug-likeness (QED) is 0.626. The third-order valence-electron chi connectivity index (χ3n) is 3.39. The third kappa shape index (κ3) is 2.29. The molecule has 5 heteroatoms. The van der Waals surface area contributed by atoms with Gasteiger partial charge in [0.05, 0.1) is 29.3 Å². The zero-order valence-corrected chi connectivity index (χ0v) is 11.7. The van der Waals surface area contributed by atoms with E-state index in [1.54, 1.807) is 12.4 Å². The summed E-state index contributed by atoms with van der Waals surface area (Å²) in [5, 5.41) is 7.61. The minimum absolute atomic E-state index is 0.779. The summed E-state index contributed by atoms with van der Waals surface area (Å²) in [6, 6.07) is 15.7. The Morgan fingerprint density at radius 2 is 1.91 bits per heavy atom. The van der Waals surface area contributed by atoms with Gasteiger partial charge >= 0.3 is 0 Å². The molecule has 0 saturated carbocycles. The minimum Gasteiger partial charge on any atom is -0.339 e. The lowest BCUT2D eigenvalue weighted by Crippen LogP contribution is -1.95. The fraction of sp³-hybridized carbons (Fsp3) is 0. The number of hydrogen-bond donors (Lipinski definition) is 1. The Morgan fingerprint density at radius 3 is 2.82 bits per heavy atom. The molecule has 4 aromatic heterocycles. The van der Waals surface area contributed by atoms with E-state index in [4.69, 9.17) is 0 Å². The van der Waals surface area contributed by atoms with E-state index in [-0.39, 0.29) is 0 Å². The Balaban J connectivity index is 1.73. The molecule has 4 heterocycles. The molecule has 0 fully saturated rings. The number of nitrogens with one attached hydrogen (secondary N) is 1. The van der Waals surface area contributed by atoms with Crippen LogP contribution in [-0.2, 0) is 0 Å². The molecule has 1 N–H and O–H groups in total. The normalized spacial score (nSPS) is 10.7. The SMILES string of the molecule is c1cncc(Nc2cccc(-c3cnn4ccccc34)n2)c1. The van der Waals surface area contributed by atoms with Gasteiger partial charge in [0, 0.05) is 18.0 Å². The van der Waals surface area contributed by atoms with Crippen molar-refractivity contribution in [1.29, 1.82) is 0 Å². The van der Waals surface area contributed by atoms with Crippen LogP contribution in [0, 0.1) is 0 Å². The standard InChI is InChI=1S/C17H13N5/c1-2-10-22-16(7-1)14(12-19-22)15-6-3-8-17(21-15)20-13-5-4-9-18-11-13/h1-12H,(H,20,21). The summed E-state index contributed by atoms with van der Waals surface area (Å²) in [6.07, 6.45) is 7.28. The van der Waals surface area contributed by atoms with Crippen molar-refractivity contribution in [2.45, 2.75) is 0 Å². The largest absolute Gasteiger partial charge is 0.339 e. The van der Waals surface area contributed by atoms with E-state index in [9.17, 15) is 0 Å². The molecule has 0 bridgehead atoms. The Hall–Kier alpha value is -3.21. The lowest BCUT2D eigenvalue weighted by molar-refractivity contribution is 0.961. The van der Waals surface area contributed by atoms with Crippen LogP contribution in [0.4, 0.5) is 11.5 Å². The van der Waals surface area contributed by atoms with Crippen molar-refractivity contribution >= 4 is 17.0 Å². The van der Waals surface area contributed by atoms with Gasteiger partial charge in [-0.15, -0.1) is 0 Å². The molecular weight excluding hydrogens is 274 g/mol. The zero-order valence-electron chi connectivity index (χ0n) is 11.7. The van der Waals surface area contributed by atoms with Gasteiger partial charge in [0.15, 0.2) is 0 Å². The van der Waals surface area contributed by atoms with Crippen molar-refractivity contribution < 1.29 is 0 Å². The fourth-order valence-corrected chi connectivity index (χ4v) is 2.37. The number of fused-ring (bicyclic) bond motifs is 1. The van der Waals surface area contributed by atoms with Gasteiger partial charge < -0.3 is 5.32 Å². The summed E-state index contributed by atoms with van der Waals surface area (Å²) in [5.74, 6) is 0.779. The molecule has 0 aromatic carbocycles. The molecule has 5 nitrogen and oxygen atoms in total. The maximum atomic E-state index is 4.67. The molecule has 0 radical (unpaired) electrons. The molecule has 106 valence electrons. The van der Waals surface area contributed by atoms with Gasteiger partial charge in [0.1, 0.15) is 5.82 Å². The number of nitrogens with zero attached hydrogens (tertiary/aromatic N) is 4. The average Bonchev–Trinajstić information content (AvgIpc) is 3.00. The van der Waals surface area contributed by atoms with Gasteiger partial charge in [-0.05, 0) is 36.4 Å². The smallest absolute Gasteiger partial charge is 0.131 e. The number of anilines is 2. The van der Waals surface area contributed by atoms with Gasteiger partial charge in [-0.3, -0.25) is 4.98 Å². The van der Waals surface area contributed by atoms with E-state index >= 15 is 0 Å². The summed E-state index contributed by atoms with van der Waals surface area (Å²) in [6.45, 7) is 0. The molecule has 0 saturated heterocycles. The van der Waals surface area contributed by atoms with E-state index < -0.39 is 0 Å². The van der Waals surface area contributed by atoms with Gasteiger partial charge in [-0.2, -0.15) is 5.10 Å². The second kappa shape index (κ2) is 5.29. The van der Waals surface area contributed by atoms with Gasteiger partial charge in [0.2, 0.25) is 0 Å². The molecule has 22 heavy (non-hydrogen) atoms. The lowest BCUT2D eigenvalue weighted by atomic mass is 10.2. The molecule has 0 atom stereocenters. The monoisotopic (exact) mass is 287 g/mol. The van der Waals surface area contributed by atoms with Crippen LogP contribution >= 0.6 is 0 Å². The molecule has 0 aliphatic rings. The molecular formula is C17H13N5. The first-order chi connectivity index (χ1) is 10.9. The van der Waals surface area contributed by atoms with Crippen LogP contribution in [0.1, 0.15) is 0 Å². The van der Waals surface area contributed by atoms with Crippen LogP contribution in [0.3, 0.4) is 0 Å². The molecule has 0 aliphatic heterocycles. The summed E-state index contributed by atoms with van der Waals surface area (Å²) in [7, 11) is 0. The van der Waals surface area contributed by atoms with Crippen molar-refractivity contribution in [2.24, 2.45) is 0 Å². The Bertz CT molecular complexity index is 914. The summed E-state index contributed by atoms with van der Waals surface area (Å²) >= 11 is 0. The first kappa shape index (κ1) is 12.5. The molecule has 4 rings (SSSR count). The van der Waals surface area contributed by atoms with Gasteiger partial charge in [-0.1, -0.05) is 12.1 Å². The van der Waals surface area contributed by atoms with Crippen LogP contribution in [0.15, 0.2) is 73.3 Å². The summed E-state index contributed by atoms with van der Waals surface area (Å²) in [5.41, 5.74) is 3.84. The highest BCUT2D eigenvalue weighted by Crippen LogP contribution is 2.24. The van der Waals surface area contributed by atoms with E-state index in [0.717, 1.165) is 28.3 Å². The van der Waals surface area contributed by atoms with Crippen molar-refractivity contribution in [3.63, 3.8) is 0 Å². The molecule has 4 aromatic rings. The third-order valence-corrected chi connectivity index (χ3v) is 3.39. The highest BCUT2D eigenvalue weighted by molar-refractivity contribution is 5.78. The maximum Gasteiger partial charge on any atom is 0.131 e. The highest BCUT2D eigenvalue weighted by Gasteiger charge is 2.08. The van der Waals surface area contributed by atoms with E-state index in [2.05, 4.69) is 20.4 Å². The average molecular weight is 287 g/mol. The lowest BCUT2D eigenvalue weighted by Gasteiger charge is -2.06. The topological polar surface area (TPSA) is 55.1 Å². The highest BCUT2D eigenvalue weighted by atomic mass is 15.2. The fourth-order valence-electron chi connectivity index (χ4n) is 2.37. The number of rotatable bonds is 3. The van der Waals surface area contributed by atoms with Crippen LogP contribution in [-0.4, -0.2) is 19.6 Å². The molecule has 0 spiro atoms. The first-order valence-electron chi connectivity index (χ1n) is 6.97. The molecule has 0 aliphatic carbocycles. The first-order valence-corrected chi connectivity index (χ1v) is 6.97. The zero-order chi connectivity index (χ0) is 14.8. The van der Waals surface area contributed by atoms with Crippen molar-refractivity contribution in [3.05, 3.63) is 73.3 Å². The van der Waals surface area contributed by atoms with Gasteiger partial charge in [-0.25, -0.2) is 9.50 Å². The Morgan fingerprint density at radius 1 is 0.909 bits per heavy atom. The second-order valence-corrected chi connectivity index (χ2v) is 4.86. The van der Waals surface area contributed by atoms with Crippen LogP contribution in [0.25, 0.3) is 16.8 Å². The van der Waals surface area contributed by atoms with Crippen molar-refractivity contribution in [3.8, 4) is 11.3 Å². The van der Waals surface area contributed by atoms with Gasteiger partial charge in [0.25, 0.3) is 0 Å². The number of hydrogen-bond acceptors (Lipinski definition) is 4. The van der Waals surface area contributed by atoms with Crippen LogP contribution in [0.5, 0.6) is 0 Å². The Labute approximate surface area is 127 Å². The summed E-state index contributed by atoms with van der Waals surface area (Å²) < 4.78 is 1.85.